The first kappa shape index (κ1) is 14.1. The van der Waals surface area contributed by atoms with Crippen LogP contribution in [-0.4, -0.2) is 15.5 Å². The van der Waals surface area contributed by atoms with E-state index in [1.165, 1.54) is 0 Å². The zero-order chi connectivity index (χ0) is 15.1. The van der Waals surface area contributed by atoms with Gasteiger partial charge in [-0.15, -0.1) is 0 Å². The summed E-state index contributed by atoms with van der Waals surface area (Å²) in [5.74, 6) is -4.68. The van der Waals surface area contributed by atoms with E-state index in [0.29, 0.717) is 17.4 Å². The molecular formula is C15H14F4N2. The van der Waals surface area contributed by atoms with Crippen molar-refractivity contribution in [2.45, 2.75) is 37.1 Å². The Morgan fingerprint density at radius 2 is 1.86 bits per heavy atom. The smallest absolute Gasteiger partial charge is 0.270 e. The molecule has 1 aromatic heterocycles. The van der Waals surface area contributed by atoms with Gasteiger partial charge in [-0.25, -0.2) is 4.98 Å². The molecule has 1 aliphatic heterocycles. The first-order valence-corrected chi connectivity index (χ1v) is 6.75. The fraction of sp³-hybridized carbons (Fsp3) is 0.400. The highest BCUT2D eigenvalue weighted by molar-refractivity contribution is 5.17. The molecule has 21 heavy (non-hydrogen) atoms. The number of halogens is 4. The van der Waals surface area contributed by atoms with E-state index >= 15 is 0 Å². The summed E-state index contributed by atoms with van der Waals surface area (Å²) in [5.41, 5.74) is 0.997. The van der Waals surface area contributed by atoms with Crippen molar-refractivity contribution < 1.29 is 17.6 Å². The quantitative estimate of drug-likeness (QED) is 0.777. The van der Waals surface area contributed by atoms with E-state index in [2.05, 4.69) is 4.98 Å². The van der Waals surface area contributed by atoms with Gasteiger partial charge in [-0.2, -0.15) is 17.6 Å². The molecule has 0 N–H and O–H groups in total. The van der Waals surface area contributed by atoms with Crippen LogP contribution in [0.3, 0.4) is 0 Å². The summed E-state index contributed by atoms with van der Waals surface area (Å²) < 4.78 is 55.2. The fourth-order valence-electron chi connectivity index (χ4n) is 2.77. The van der Waals surface area contributed by atoms with Crippen molar-refractivity contribution in [3.63, 3.8) is 0 Å². The van der Waals surface area contributed by atoms with Crippen LogP contribution in [0.2, 0.25) is 0 Å². The van der Waals surface area contributed by atoms with Crippen LogP contribution in [0.5, 0.6) is 0 Å². The molecular weight excluding hydrogens is 284 g/mol. The molecule has 0 spiro atoms. The molecule has 1 aromatic carbocycles. The second kappa shape index (κ2) is 4.86. The van der Waals surface area contributed by atoms with Crippen molar-refractivity contribution in [3.05, 3.63) is 54.1 Å². The van der Waals surface area contributed by atoms with Gasteiger partial charge in [0.1, 0.15) is 5.82 Å². The third-order valence-electron chi connectivity index (χ3n) is 3.90. The molecule has 1 aliphatic rings. The lowest BCUT2D eigenvalue weighted by molar-refractivity contribution is -0.275. The molecule has 1 unspecified atom stereocenters. The topological polar surface area (TPSA) is 17.8 Å². The predicted molar refractivity (Wildman–Crippen MR) is 69.5 cm³/mol. The Morgan fingerprint density at radius 3 is 2.57 bits per heavy atom. The van der Waals surface area contributed by atoms with Gasteiger partial charge in [0.15, 0.2) is 0 Å². The van der Waals surface area contributed by atoms with E-state index in [1.54, 1.807) is 0 Å². The lowest BCUT2D eigenvalue weighted by Gasteiger charge is -2.36. The molecule has 3 rings (SSSR count). The van der Waals surface area contributed by atoms with Gasteiger partial charge in [0, 0.05) is 24.7 Å². The molecule has 0 radical (unpaired) electrons. The fourth-order valence-corrected chi connectivity index (χ4v) is 2.77. The molecule has 6 heteroatoms. The van der Waals surface area contributed by atoms with Crippen LogP contribution >= 0.6 is 0 Å². The summed E-state index contributed by atoms with van der Waals surface area (Å²) in [5, 5.41) is 0. The van der Waals surface area contributed by atoms with Crippen molar-refractivity contribution in [2.75, 3.05) is 0 Å². The van der Waals surface area contributed by atoms with E-state index in [1.807, 2.05) is 30.3 Å². The third kappa shape index (κ3) is 2.32. The summed E-state index contributed by atoms with van der Waals surface area (Å²) in [7, 11) is 0. The van der Waals surface area contributed by atoms with E-state index < -0.39 is 24.3 Å². The molecule has 2 aromatic rings. The predicted octanol–water partition coefficient (Wildman–Crippen LogP) is 4.19. The summed E-state index contributed by atoms with van der Waals surface area (Å²) in [4.78, 5) is 3.86. The Kier molecular flexibility index (Phi) is 3.26. The number of nitrogens with zero attached hydrogens (tertiary/aromatic N) is 2. The Morgan fingerprint density at radius 1 is 1.14 bits per heavy atom. The Balaban J connectivity index is 1.84. The number of alkyl halides is 4. The molecule has 1 atom stereocenters. The molecule has 2 nitrogen and oxygen atoms in total. The van der Waals surface area contributed by atoms with Crippen molar-refractivity contribution in [1.82, 2.24) is 9.55 Å². The van der Waals surface area contributed by atoms with Gasteiger partial charge in [-0.05, 0) is 18.4 Å². The minimum absolute atomic E-state index is 0.0434. The van der Waals surface area contributed by atoms with Gasteiger partial charge in [0.2, 0.25) is 0 Å². The van der Waals surface area contributed by atoms with E-state index in [-0.39, 0.29) is 5.82 Å². The number of imidazole rings is 1. The maximum Gasteiger partial charge on any atom is 0.393 e. The number of hydrogen-bond acceptors (Lipinski definition) is 1. The monoisotopic (exact) mass is 298 g/mol. The van der Waals surface area contributed by atoms with Crippen LogP contribution in [0.4, 0.5) is 17.6 Å². The maximum atomic E-state index is 13.7. The molecule has 0 fully saturated rings. The first-order chi connectivity index (χ1) is 9.92. The van der Waals surface area contributed by atoms with Crippen LogP contribution in [0.25, 0.3) is 0 Å². The van der Waals surface area contributed by atoms with Crippen LogP contribution in [0.1, 0.15) is 30.1 Å². The molecule has 0 saturated heterocycles. The zero-order valence-corrected chi connectivity index (χ0v) is 11.1. The van der Waals surface area contributed by atoms with E-state index in [0.717, 1.165) is 18.0 Å². The molecule has 0 saturated carbocycles. The standard InChI is InChI=1S/C15H14F4N2/c16-14(17)10-12(7-6-11-4-2-1-3-5-11)13-20-8-9-21(13)15(14,18)19/h1-5,8-9,12H,6-7,10H2. The molecule has 112 valence electrons. The molecule has 0 aliphatic carbocycles. The summed E-state index contributed by atoms with van der Waals surface area (Å²) in [6.45, 7) is 0. The minimum atomic E-state index is -4.21. The van der Waals surface area contributed by atoms with Crippen molar-refractivity contribution in [2.24, 2.45) is 0 Å². The second-order valence-electron chi connectivity index (χ2n) is 5.33. The zero-order valence-electron chi connectivity index (χ0n) is 11.1. The van der Waals surface area contributed by atoms with Crippen LogP contribution < -0.4 is 0 Å². The molecule has 2 heterocycles. The van der Waals surface area contributed by atoms with Gasteiger partial charge in [0.05, 0.1) is 0 Å². The average Bonchev–Trinajstić information content (AvgIpc) is 2.93. The van der Waals surface area contributed by atoms with Crippen LogP contribution in [0, 0.1) is 0 Å². The number of rotatable bonds is 3. The van der Waals surface area contributed by atoms with Gasteiger partial charge >= 0.3 is 12.0 Å². The Labute approximate surface area is 119 Å². The molecule has 0 amide bonds. The minimum Gasteiger partial charge on any atom is -0.270 e. The maximum absolute atomic E-state index is 13.7. The highest BCUT2D eigenvalue weighted by atomic mass is 19.3. The SMILES string of the molecule is FC1(F)CC(CCc2ccccc2)c2nccn2C1(F)F. The van der Waals surface area contributed by atoms with Crippen LogP contribution in [0.15, 0.2) is 42.7 Å². The van der Waals surface area contributed by atoms with Crippen molar-refractivity contribution in [1.29, 1.82) is 0 Å². The second-order valence-corrected chi connectivity index (χ2v) is 5.33. The van der Waals surface area contributed by atoms with Crippen molar-refractivity contribution >= 4 is 0 Å². The number of aromatic nitrogens is 2. The third-order valence-corrected chi connectivity index (χ3v) is 3.90. The van der Waals surface area contributed by atoms with Gasteiger partial charge in [-0.1, -0.05) is 30.3 Å². The number of benzene rings is 1. The highest BCUT2D eigenvalue weighted by Crippen LogP contribution is 2.50. The summed E-state index contributed by atoms with van der Waals surface area (Å²) in [6.07, 6.45) is 2.13. The number of hydrogen-bond donors (Lipinski definition) is 0. The summed E-state index contributed by atoms with van der Waals surface area (Å²) >= 11 is 0. The highest BCUT2D eigenvalue weighted by Gasteiger charge is 2.62. The first-order valence-electron chi connectivity index (χ1n) is 6.75. The van der Waals surface area contributed by atoms with E-state index in [9.17, 15) is 17.6 Å². The molecule has 0 bridgehead atoms. The number of aryl methyl sites for hydroxylation is 1. The van der Waals surface area contributed by atoms with Crippen LogP contribution in [-0.2, 0) is 12.5 Å². The lowest BCUT2D eigenvalue weighted by atomic mass is 9.89. The average molecular weight is 298 g/mol. The normalized spacial score (nSPS) is 22.8. The number of fused-ring (bicyclic) bond motifs is 1. The summed E-state index contributed by atoms with van der Waals surface area (Å²) in [6, 6.07) is 5.16. The Hall–Kier alpha value is -1.85. The Bertz CT molecular complexity index is 622. The van der Waals surface area contributed by atoms with Gasteiger partial charge in [-0.3, -0.25) is 4.57 Å². The van der Waals surface area contributed by atoms with Gasteiger partial charge in [0.25, 0.3) is 0 Å². The van der Waals surface area contributed by atoms with Gasteiger partial charge < -0.3 is 0 Å². The lowest BCUT2D eigenvalue weighted by Crippen LogP contribution is -2.48. The van der Waals surface area contributed by atoms with Crippen molar-refractivity contribution in [3.8, 4) is 0 Å². The largest absolute Gasteiger partial charge is 0.393 e. The van der Waals surface area contributed by atoms with E-state index in [4.69, 9.17) is 0 Å².